The molecule has 1 aromatic carbocycles. The van der Waals surface area contributed by atoms with Gasteiger partial charge >= 0.3 is 23.9 Å². The van der Waals surface area contributed by atoms with Gasteiger partial charge in [0, 0.05) is 66.2 Å². The van der Waals surface area contributed by atoms with Crippen molar-refractivity contribution in [3.63, 3.8) is 0 Å². The maximum atomic E-state index is 10.3. The summed E-state index contributed by atoms with van der Waals surface area (Å²) in [5, 5.41) is 51.2. The average molecular weight is 915 g/mol. The summed E-state index contributed by atoms with van der Waals surface area (Å²) in [5.41, 5.74) is 2.96. The van der Waals surface area contributed by atoms with Crippen molar-refractivity contribution in [2.45, 2.75) is 158 Å². The molecule has 1 rings (SSSR count). The van der Waals surface area contributed by atoms with Crippen molar-refractivity contribution in [3.8, 4) is 5.75 Å². The molecule has 1 N–H and O–H groups in total. The molecule has 0 saturated heterocycles. The number of carbonyl (C=O) groups excluding carboxylic acids is 4. The quantitative estimate of drug-likeness (QED) is 0.145. The Balaban J connectivity index is -0.000000200. The smallest absolute Gasteiger partial charge is 0.550 e. The normalized spacial score (nSPS) is 12.0. The van der Waals surface area contributed by atoms with Crippen LogP contribution < -0.4 is 35.1 Å². The van der Waals surface area contributed by atoms with E-state index in [0.29, 0.717) is 31.4 Å². The number of benzene rings is 1. The minimum Gasteiger partial charge on any atom is -0.550 e. The number of hydrogen-bond donors (Lipinski definition) is 1. The number of aliphatic carboxylic acids is 4. The molecule has 0 radical (unpaired) electrons. The van der Waals surface area contributed by atoms with Gasteiger partial charge in [-0.25, -0.2) is 0 Å². The van der Waals surface area contributed by atoms with E-state index in [1.807, 2.05) is 90.7 Å². The number of rotatable bonds is 23. The zero-order valence-corrected chi connectivity index (χ0v) is 41.2. The monoisotopic (exact) mass is 915 g/mol. The zero-order chi connectivity index (χ0) is 44.4. The molecule has 1 aromatic rings. The fourth-order valence-electron chi connectivity index (χ4n) is 5.56. The third-order valence-electron chi connectivity index (χ3n) is 9.41. The Morgan fingerprint density at radius 3 is 0.877 bits per heavy atom. The van der Waals surface area contributed by atoms with Gasteiger partial charge in [-0.1, -0.05) is 107 Å². The van der Waals surface area contributed by atoms with Crippen LogP contribution in [0.4, 0.5) is 17.1 Å². The molecule has 0 saturated carbocycles. The average Bonchev–Trinajstić information content (AvgIpc) is 3.13. The number of hydrogen-bond acceptors (Lipinski definition) is 12. The van der Waals surface area contributed by atoms with E-state index in [1.54, 1.807) is 6.07 Å². The molecule has 12 nitrogen and oxygen atoms in total. The molecule has 13 heteroatoms. The minimum atomic E-state index is -0.893. The van der Waals surface area contributed by atoms with Crippen LogP contribution in [-0.4, -0.2) is 95.2 Å². The number of carboxylic acids is 4. The number of phenols is 1. The van der Waals surface area contributed by atoms with E-state index in [9.17, 15) is 44.7 Å². The van der Waals surface area contributed by atoms with Crippen LogP contribution >= 0.6 is 0 Å². The molecule has 4 atom stereocenters. The van der Waals surface area contributed by atoms with Gasteiger partial charge in [0.2, 0.25) is 0 Å². The first-order valence-electron chi connectivity index (χ1n) is 20.9. The number of carboxylic acid groups (broad SMARTS) is 4. The van der Waals surface area contributed by atoms with Crippen LogP contribution in [0.2, 0.25) is 0 Å². The number of nitrogens with zero attached hydrogens (tertiary/aromatic N) is 3. The van der Waals surface area contributed by atoms with Crippen molar-refractivity contribution in [3.05, 3.63) is 12.1 Å². The van der Waals surface area contributed by atoms with Crippen LogP contribution in [0.15, 0.2) is 12.1 Å². The molecule has 0 amide bonds. The second-order valence-corrected chi connectivity index (χ2v) is 14.8. The number of phenolic OH excluding ortho intramolecular Hbond substituents is 1. The van der Waals surface area contributed by atoms with Gasteiger partial charge in [-0.15, -0.1) is 0 Å². The summed E-state index contributed by atoms with van der Waals surface area (Å²) in [6, 6.07) is 3.66. The van der Waals surface area contributed by atoms with Crippen molar-refractivity contribution in [2.75, 3.05) is 57.0 Å². The number of carbonyl (C=O) groups is 4. The molecule has 0 aliphatic rings. The molecular weight excluding hydrogens is 833 g/mol. The van der Waals surface area contributed by atoms with Crippen molar-refractivity contribution >= 4 is 64.8 Å². The standard InChI is InChI=1S/C12H21N3O.4C8H16O2.Sn/c1-13(2)9-7-8-10(16)12(15(5)6)11(9)14(3)4;4*1-3-5-6-7(4-2)8(9)10;/h7-8,16H,1-6H3;4*7H,3-6H2,1-2H3,(H,9,10);/q;;;;;+4/p-4. The number of unbranched alkanes of at least 4 members (excludes halogenated alkanes) is 4. The molecule has 57 heavy (non-hydrogen) atoms. The summed E-state index contributed by atoms with van der Waals surface area (Å²) in [6.07, 6.45) is 14.1. The van der Waals surface area contributed by atoms with Crippen LogP contribution in [0, 0.1) is 23.7 Å². The second-order valence-electron chi connectivity index (χ2n) is 14.8. The van der Waals surface area contributed by atoms with E-state index in [4.69, 9.17) is 0 Å². The Hall–Kier alpha value is -2.90. The zero-order valence-electron chi connectivity index (χ0n) is 38.3. The minimum absolute atomic E-state index is 0. The molecular formula is C44H81N3O9Sn. The van der Waals surface area contributed by atoms with Crippen molar-refractivity contribution in [1.82, 2.24) is 0 Å². The first kappa shape index (κ1) is 63.3. The summed E-state index contributed by atoms with van der Waals surface area (Å²) in [4.78, 5) is 47.3. The van der Waals surface area contributed by atoms with E-state index in [1.165, 1.54) is 0 Å². The van der Waals surface area contributed by atoms with Gasteiger partial charge in [0.05, 0.1) is 11.4 Å². The molecule has 0 aliphatic heterocycles. The Morgan fingerprint density at radius 1 is 0.474 bits per heavy atom. The Kier molecular flexibility index (Phi) is 44.3. The van der Waals surface area contributed by atoms with E-state index < -0.39 is 23.9 Å². The largest absolute Gasteiger partial charge is 4.00 e. The molecule has 0 aliphatic carbocycles. The SMILES string of the molecule is CCCCC(CC)C(=O)[O-].CCCCC(CC)C(=O)[O-].CCCCC(CC)C(=O)[O-].CCCCC(CC)C(=O)[O-].CN(C)c1ccc(O)c(N(C)C)c1N(C)C.[Sn+4]. The predicted octanol–water partition coefficient (Wildman–Crippen LogP) is 5.02. The van der Waals surface area contributed by atoms with Gasteiger partial charge in [0.15, 0.2) is 0 Å². The molecule has 0 bridgehead atoms. The number of aromatic hydroxyl groups is 1. The van der Waals surface area contributed by atoms with Gasteiger partial charge in [-0.05, 0) is 87.2 Å². The van der Waals surface area contributed by atoms with Crippen molar-refractivity contribution in [1.29, 1.82) is 0 Å². The molecule has 4 unspecified atom stereocenters. The predicted molar refractivity (Wildman–Crippen MR) is 230 cm³/mol. The van der Waals surface area contributed by atoms with Gasteiger partial charge in [-0.3, -0.25) is 0 Å². The summed E-state index contributed by atoms with van der Waals surface area (Å²) in [6.45, 7) is 15.8. The molecule has 330 valence electrons. The van der Waals surface area contributed by atoms with Crippen LogP contribution in [0.3, 0.4) is 0 Å². The van der Waals surface area contributed by atoms with Gasteiger partial charge in [0.1, 0.15) is 11.4 Å². The van der Waals surface area contributed by atoms with E-state index in [2.05, 4.69) is 27.7 Å². The molecule has 0 aromatic heterocycles. The third kappa shape index (κ3) is 31.7. The number of anilines is 3. The first-order chi connectivity index (χ1) is 26.2. The Labute approximate surface area is 364 Å². The molecule has 0 fully saturated rings. The van der Waals surface area contributed by atoms with Crippen LogP contribution in [-0.2, 0) is 19.2 Å². The van der Waals surface area contributed by atoms with Gasteiger partial charge in [-0.2, -0.15) is 0 Å². The van der Waals surface area contributed by atoms with E-state index in [-0.39, 0.29) is 47.6 Å². The second kappa shape index (κ2) is 39.9. The molecule has 0 spiro atoms. The van der Waals surface area contributed by atoms with Crippen molar-refractivity contribution in [2.24, 2.45) is 23.7 Å². The van der Waals surface area contributed by atoms with Crippen molar-refractivity contribution < 1.29 is 44.7 Å². The van der Waals surface area contributed by atoms with E-state index >= 15 is 0 Å². The maximum absolute atomic E-state index is 10.3. The summed E-state index contributed by atoms with van der Waals surface area (Å²) in [5.74, 6) is -4.15. The fourth-order valence-corrected chi connectivity index (χ4v) is 5.56. The molecule has 0 heterocycles. The van der Waals surface area contributed by atoms with Crippen LogP contribution in [0.5, 0.6) is 5.75 Å². The van der Waals surface area contributed by atoms with Crippen LogP contribution in [0.25, 0.3) is 0 Å². The van der Waals surface area contributed by atoms with E-state index in [0.717, 1.165) is 94.1 Å². The topological polar surface area (TPSA) is 190 Å². The van der Waals surface area contributed by atoms with Gasteiger partial charge < -0.3 is 59.4 Å². The Morgan fingerprint density at radius 2 is 0.719 bits per heavy atom. The van der Waals surface area contributed by atoms with Crippen LogP contribution in [0.1, 0.15) is 158 Å². The Bertz CT molecular complexity index is 1060. The van der Waals surface area contributed by atoms with Gasteiger partial charge in [0.25, 0.3) is 0 Å². The maximum Gasteiger partial charge on any atom is 4.00 e. The first-order valence-corrected chi connectivity index (χ1v) is 20.9. The fraction of sp³-hybridized carbons (Fsp3) is 0.773. The summed E-state index contributed by atoms with van der Waals surface area (Å²) < 4.78 is 0. The summed E-state index contributed by atoms with van der Waals surface area (Å²) in [7, 11) is 11.8. The summed E-state index contributed by atoms with van der Waals surface area (Å²) >= 11 is 0. The third-order valence-corrected chi connectivity index (χ3v) is 9.41.